The van der Waals surface area contributed by atoms with E-state index in [0.29, 0.717) is 21.2 Å². The molecule has 1 aliphatic heterocycles. The fourth-order valence-electron chi connectivity index (χ4n) is 2.72. The van der Waals surface area contributed by atoms with E-state index in [9.17, 15) is 19.2 Å². The molecule has 160 valence electrons. The molecule has 0 radical (unpaired) electrons. The van der Waals surface area contributed by atoms with E-state index in [-0.39, 0.29) is 25.5 Å². The summed E-state index contributed by atoms with van der Waals surface area (Å²) >= 11 is 6.70. The van der Waals surface area contributed by atoms with Crippen LogP contribution in [0.15, 0.2) is 53.4 Å². The highest BCUT2D eigenvalue weighted by Gasteiger charge is 2.34. The number of hydrogen-bond donors (Lipinski definition) is 1. The van der Waals surface area contributed by atoms with Crippen molar-refractivity contribution in [1.29, 1.82) is 0 Å². The highest BCUT2D eigenvalue weighted by Crippen LogP contribution is 2.32. The summed E-state index contributed by atoms with van der Waals surface area (Å²) in [6.45, 7) is 1.34. The minimum atomic E-state index is -0.406. The molecule has 0 atom stereocenters. The van der Waals surface area contributed by atoms with E-state index in [1.54, 1.807) is 54.6 Å². The van der Waals surface area contributed by atoms with Gasteiger partial charge in [0, 0.05) is 23.7 Å². The Balaban J connectivity index is 1.47. The Labute approximate surface area is 188 Å². The predicted molar refractivity (Wildman–Crippen MR) is 119 cm³/mol. The van der Waals surface area contributed by atoms with Crippen molar-refractivity contribution >= 4 is 52.3 Å². The van der Waals surface area contributed by atoms with Crippen LogP contribution >= 0.6 is 23.4 Å². The Morgan fingerprint density at radius 2 is 1.90 bits per heavy atom. The van der Waals surface area contributed by atoms with Gasteiger partial charge in [0.2, 0.25) is 0 Å². The van der Waals surface area contributed by atoms with E-state index < -0.39 is 17.1 Å². The number of nitrogens with one attached hydrogen (secondary N) is 1. The Morgan fingerprint density at radius 1 is 1.16 bits per heavy atom. The SMILES string of the molecule is CC(=O)c1cccc(OCC(=O)NCCN2C(=O)S/C(=C\c3ccc(Cl)cc3)C2=O)c1. The number of amides is 3. The van der Waals surface area contributed by atoms with Gasteiger partial charge >= 0.3 is 0 Å². The van der Waals surface area contributed by atoms with Crippen molar-refractivity contribution in [2.24, 2.45) is 0 Å². The molecule has 0 bridgehead atoms. The third kappa shape index (κ3) is 6.19. The monoisotopic (exact) mass is 458 g/mol. The van der Waals surface area contributed by atoms with Crippen LogP contribution in [0.25, 0.3) is 6.08 Å². The zero-order chi connectivity index (χ0) is 22.4. The molecule has 3 rings (SSSR count). The Kier molecular flexibility index (Phi) is 7.49. The number of imide groups is 1. The molecule has 0 aromatic heterocycles. The summed E-state index contributed by atoms with van der Waals surface area (Å²) in [7, 11) is 0. The first-order valence-corrected chi connectivity index (χ1v) is 10.5. The van der Waals surface area contributed by atoms with Gasteiger partial charge in [-0.1, -0.05) is 35.9 Å². The second-order valence-corrected chi connectivity index (χ2v) is 8.04. The van der Waals surface area contributed by atoms with Gasteiger partial charge in [-0.2, -0.15) is 0 Å². The molecule has 1 heterocycles. The normalized spacial score (nSPS) is 14.8. The summed E-state index contributed by atoms with van der Waals surface area (Å²) in [5.41, 5.74) is 1.25. The number of halogens is 1. The van der Waals surface area contributed by atoms with Gasteiger partial charge < -0.3 is 10.1 Å². The van der Waals surface area contributed by atoms with Crippen LogP contribution in [-0.4, -0.2) is 47.4 Å². The number of benzene rings is 2. The fraction of sp³-hybridized carbons (Fsp3) is 0.182. The smallest absolute Gasteiger partial charge is 0.293 e. The molecule has 1 aliphatic rings. The molecule has 1 N–H and O–H groups in total. The van der Waals surface area contributed by atoms with Crippen LogP contribution in [0.5, 0.6) is 5.75 Å². The van der Waals surface area contributed by atoms with Gasteiger partial charge in [0.15, 0.2) is 12.4 Å². The first-order chi connectivity index (χ1) is 14.8. The molecule has 0 aliphatic carbocycles. The van der Waals surface area contributed by atoms with E-state index in [0.717, 1.165) is 22.2 Å². The van der Waals surface area contributed by atoms with Crippen molar-refractivity contribution in [2.75, 3.05) is 19.7 Å². The van der Waals surface area contributed by atoms with Crippen molar-refractivity contribution in [3.63, 3.8) is 0 Å². The number of hydrogen-bond acceptors (Lipinski definition) is 6. The van der Waals surface area contributed by atoms with Crippen molar-refractivity contribution in [3.8, 4) is 5.75 Å². The third-order valence-electron chi connectivity index (χ3n) is 4.31. The lowest BCUT2D eigenvalue weighted by atomic mass is 10.1. The van der Waals surface area contributed by atoms with Crippen LogP contribution in [0.1, 0.15) is 22.8 Å². The molecule has 2 aromatic carbocycles. The first-order valence-electron chi connectivity index (χ1n) is 9.35. The van der Waals surface area contributed by atoms with Gasteiger partial charge in [-0.15, -0.1) is 0 Å². The molecule has 1 saturated heterocycles. The minimum Gasteiger partial charge on any atom is -0.484 e. The molecular weight excluding hydrogens is 440 g/mol. The van der Waals surface area contributed by atoms with Gasteiger partial charge in [-0.05, 0) is 54.6 Å². The van der Waals surface area contributed by atoms with Crippen molar-refractivity contribution in [2.45, 2.75) is 6.92 Å². The molecule has 0 saturated carbocycles. The van der Waals surface area contributed by atoms with Crippen LogP contribution in [-0.2, 0) is 9.59 Å². The van der Waals surface area contributed by atoms with Crippen LogP contribution in [0, 0.1) is 0 Å². The second-order valence-electron chi connectivity index (χ2n) is 6.61. The maximum absolute atomic E-state index is 12.5. The van der Waals surface area contributed by atoms with E-state index in [1.165, 1.54) is 6.92 Å². The summed E-state index contributed by atoms with van der Waals surface area (Å²) in [6, 6.07) is 13.4. The molecule has 31 heavy (non-hydrogen) atoms. The zero-order valence-electron chi connectivity index (χ0n) is 16.6. The summed E-state index contributed by atoms with van der Waals surface area (Å²) in [4.78, 5) is 49.4. The summed E-state index contributed by atoms with van der Waals surface area (Å²) in [5, 5.41) is 2.80. The van der Waals surface area contributed by atoms with E-state index in [2.05, 4.69) is 5.32 Å². The molecule has 7 nitrogen and oxygen atoms in total. The van der Waals surface area contributed by atoms with E-state index >= 15 is 0 Å². The topological polar surface area (TPSA) is 92.8 Å². The van der Waals surface area contributed by atoms with Gasteiger partial charge in [-0.3, -0.25) is 24.1 Å². The Morgan fingerprint density at radius 3 is 2.61 bits per heavy atom. The van der Waals surface area contributed by atoms with Crippen LogP contribution < -0.4 is 10.1 Å². The molecule has 0 unspecified atom stereocenters. The average Bonchev–Trinajstić information content (AvgIpc) is 3.01. The van der Waals surface area contributed by atoms with Crippen LogP contribution in [0.2, 0.25) is 5.02 Å². The van der Waals surface area contributed by atoms with E-state index in [4.69, 9.17) is 16.3 Å². The van der Waals surface area contributed by atoms with Gasteiger partial charge in [-0.25, -0.2) is 0 Å². The molecule has 2 aromatic rings. The largest absolute Gasteiger partial charge is 0.484 e. The molecule has 0 spiro atoms. The fourth-order valence-corrected chi connectivity index (χ4v) is 3.71. The number of ether oxygens (including phenoxy) is 1. The van der Waals surface area contributed by atoms with Gasteiger partial charge in [0.25, 0.3) is 17.1 Å². The quantitative estimate of drug-likeness (QED) is 0.478. The lowest BCUT2D eigenvalue weighted by Crippen LogP contribution is -2.38. The van der Waals surface area contributed by atoms with Gasteiger partial charge in [0.05, 0.1) is 4.91 Å². The second kappa shape index (κ2) is 10.3. The molecular formula is C22H19ClN2O5S. The predicted octanol–water partition coefficient (Wildman–Crippen LogP) is 3.77. The minimum absolute atomic E-state index is 0.0498. The summed E-state index contributed by atoms with van der Waals surface area (Å²) < 4.78 is 5.38. The Bertz CT molecular complexity index is 1050. The number of ketones is 1. The molecule has 3 amide bonds. The molecule has 9 heteroatoms. The van der Waals surface area contributed by atoms with Crippen molar-refractivity contribution in [1.82, 2.24) is 10.2 Å². The van der Waals surface area contributed by atoms with Crippen molar-refractivity contribution in [3.05, 3.63) is 69.6 Å². The summed E-state index contributed by atoms with van der Waals surface area (Å²) in [6.07, 6.45) is 1.63. The number of nitrogens with zero attached hydrogens (tertiary/aromatic N) is 1. The maximum atomic E-state index is 12.5. The van der Waals surface area contributed by atoms with E-state index in [1.807, 2.05) is 0 Å². The lowest BCUT2D eigenvalue weighted by molar-refractivity contribution is -0.125. The van der Waals surface area contributed by atoms with Crippen LogP contribution in [0.4, 0.5) is 4.79 Å². The summed E-state index contributed by atoms with van der Waals surface area (Å²) in [5.74, 6) is -0.508. The highest BCUT2D eigenvalue weighted by molar-refractivity contribution is 8.18. The number of thioether (sulfide) groups is 1. The number of Topliss-reactive ketones (excluding diaryl/α,β-unsaturated/α-hetero) is 1. The number of carbonyl (C=O) groups is 4. The standard InChI is InChI=1S/C22H19ClN2O5S/c1-14(26)16-3-2-4-18(12-16)30-13-20(27)24-9-10-25-21(28)19(31-22(25)29)11-15-5-7-17(23)8-6-15/h2-8,11-12H,9-10,13H2,1H3,(H,24,27)/b19-11-. The zero-order valence-corrected chi connectivity index (χ0v) is 18.2. The Hall–Kier alpha value is -3.10. The highest BCUT2D eigenvalue weighted by atomic mass is 35.5. The average molecular weight is 459 g/mol. The number of rotatable bonds is 8. The van der Waals surface area contributed by atoms with Crippen molar-refractivity contribution < 1.29 is 23.9 Å². The number of carbonyl (C=O) groups excluding carboxylic acids is 4. The van der Waals surface area contributed by atoms with Gasteiger partial charge in [0.1, 0.15) is 5.75 Å². The maximum Gasteiger partial charge on any atom is 0.293 e. The third-order valence-corrected chi connectivity index (χ3v) is 5.47. The van der Waals surface area contributed by atoms with Crippen LogP contribution in [0.3, 0.4) is 0 Å². The first kappa shape index (κ1) is 22.6. The molecule has 1 fully saturated rings. The lowest BCUT2D eigenvalue weighted by Gasteiger charge is -2.13.